The van der Waals surface area contributed by atoms with Crippen LogP contribution in [0.25, 0.3) is 0 Å². The average Bonchev–Trinajstić information content (AvgIpc) is 3.65. The molecule has 3 saturated heterocycles. The minimum absolute atomic E-state index is 0.00969. The molecule has 4 aliphatic rings. The van der Waals surface area contributed by atoms with Gasteiger partial charge in [-0.3, -0.25) is 9.59 Å². The SMILES string of the molecule is CCCCCCC(C)/C=C(C)/C=C/C(=O)NC1CC2(OC1OC)C1OC1C(=O)C1OC12. The van der Waals surface area contributed by atoms with Crippen molar-refractivity contribution in [3.05, 3.63) is 23.8 Å². The smallest absolute Gasteiger partial charge is 0.244 e. The second kappa shape index (κ2) is 9.14. The topological polar surface area (TPSA) is 89.7 Å². The molecular weight excluding hydrogens is 398 g/mol. The number of carbonyl (C=O) groups is 2. The van der Waals surface area contributed by atoms with E-state index in [-0.39, 0.29) is 29.9 Å². The van der Waals surface area contributed by atoms with Crippen LogP contribution in [0.15, 0.2) is 23.8 Å². The molecule has 7 heteroatoms. The summed E-state index contributed by atoms with van der Waals surface area (Å²) < 4.78 is 22.8. The lowest BCUT2D eigenvalue weighted by molar-refractivity contribution is -0.174. The molecule has 0 aromatic carbocycles. The molecule has 0 aromatic heterocycles. The number of unbranched alkanes of at least 4 members (excludes halogenated alkanes) is 3. The largest absolute Gasteiger partial charge is 0.358 e. The van der Waals surface area contributed by atoms with E-state index in [9.17, 15) is 9.59 Å². The number of fused-ring (bicyclic) bond motifs is 4. The van der Waals surface area contributed by atoms with Gasteiger partial charge in [-0.25, -0.2) is 0 Å². The second-order valence-corrected chi connectivity index (χ2v) is 9.42. The van der Waals surface area contributed by atoms with E-state index in [0.29, 0.717) is 12.3 Å². The molecule has 0 radical (unpaired) electrons. The van der Waals surface area contributed by atoms with Crippen molar-refractivity contribution in [2.75, 3.05) is 7.11 Å². The van der Waals surface area contributed by atoms with E-state index in [1.54, 1.807) is 13.2 Å². The van der Waals surface area contributed by atoms with E-state index in [4.69, 9.17) is 18.9 Å². The van der Waals surface area contributed by atoms with Gasteiger partial charge in [0.15, 0.2) is 12.1 Å². The molecule has 1 saturated carbocycles. The quantitative estimate of drug-likeness (QED) is 0.247. The molecule has 31 heavy (non-hydrogen) atoms. The summed E-state index contributed by atoms with van der Waals surface area (Å²) in [6.45, 7) is 6.46. The molecule has 0 bridgehead atoms. The highest BCUT2D eigenvalue weighted by molar-refractivity contribution is 5.94. The summed E-state index contributed by atoms with van der Waals surface area (Å²) in [5, 5.41) is 3.00. The molecule has 1 spiro atoms. The first-order valence-corrected chi connectivity index (χ1v) is 11.6. The number of rotatable bonds is 10. The maximum absolute atomic E-state index is 12.5. The molecule has 7 nitrogen and oxygen atoms in total. The lowest BCUT2D eigenvalue weighted by atomic mass is 9.81. The monoisotopic (exact) mass is 433 g/mol. The third-order valence-corrected chi connectivity index (χ3v) is 6.83. The van der Waals surface area contributed by atoms with Crippen LogP contribution < -0.4 is 5.32 Å². The highest BCUT2D eigenvalue weighted by Crippen LogP contribution is 2.57. The highest BCUT2D eigenvalue weighted by Gasteiger charge is 2.79. The molecule has 1 aliphatic carbocycles. The summed E-state index contributed by atoms with van der Waals surface area (Å²) in [6, 6.07) is -0.327. The lowest BCUT2D eigenvalue weighted by Crippen LogP contribution is -2.49. The maximum atomic E-state index is 12.5. The molecular formula is C24H35NO6. The molecule has 172 valence electrons. The summed E-state index contributed by atoms with van der Waals surface area (Å²) in [4.78, 5) is 24.6. The Kier molecular flexibility index (Phi) is 6.68. The van der Waals surface area contributed by atoms with Gasteiger partial charge in [0.05, 0.1) is 6.04 Å². The fraction of sp³-hybridized carbons (Fsp3) is 0.750. The summed E-state index contributed by atoms with van der Waals surface area (Å²) in [6.07, 6.45) is 10.3. The number of ketones is 1. The van der Waals surface area contributed by atoms with Gasteiger partial charge in [0.25, 0.3) is 0 Å². The zero-order valence-corrected chi connectivity index (χ0v) is 19.0. The first kappa shape index (κ1) is 22.6. The normalized spacial score (nSPS) is 39.5. The van der Waals surface area contributed by atoms with Gasteiger partial charge in [-0.15, -0.1) is 0 Å². The van der Waals surface area contributed by atoms with Gasteiger partial charge in [0.1, 0.15) is 30.0 Å². The summed E-state index contributed by atoms with van der Waals surface area (Å²) in [5.74, 6) is 0.317. The van der Waals surface area contributed by atoms with E-state index in [2.05, 4.69) is 25.2 Å². The number of nitrogens with one attached hydrogen (secondary N) is 1. The van der Waals surface area contributed by atoms with Crippen LogP contribution in [0.2, 0.25) is 0 Å². The van der Waals surface area contributed by atoms with Gasteiger partial charge in [0, 0.05) is 19.6 Å². The van der Waals surface area contributed by atoms with E-state index in [1.165, 1.54) is 32.1 Å². The average molecular weight is 434 g/mol. The molecule has 4 rings (SSSR count). The number of carbonyl (C=O) groups excluding carboxylic acids is 2. The van der Waals surface area contributed by atoms with E-state index in [1.807, 2.05) is 13.0 Å². The number of ether oxygens (including phenoxy) is 4. The maximum Gasteiger partial charge on any atom is 0.244 e. The van der Waals surface area contributed by atoms with Gasteiger partial charge in [0.2, 0.25) is 5.91 Å². The van der Waals surface area contributed by atoms with E-state index >= 15 is 0 Å². The Balaban J connectivity index is 1.29. The highest BCUT2D eigenvalue weighted by atomic mass is 16.7. The fourth-order valence-corrected chi connectivity index (χ4v) is 5.13. The third kappa shape index (κ3) is 4.65. The zero-order chi connectivity index (χ0) is 22.2. The van der Waals surface area contributed by atoms with Crippen LogP contribution in [0.1, 0.15) is 59.3 Å². The Labute approximate surface area is 184 Å². The second-order valence-electron chi connectivity index (χ2n) is 9.42. The zero-order valence-electron chi connectivity index (χ0n) is 19.0. The third-order valence-electron chi connectivity index (χ3n) is 6.83. The molecule has 7 atom stereocenters. The van der Waals surface area contributed by atoms with Crippen LogP contribution in [0, 0.1) is 5.92 Å². The Bertz CT molecular complexity index is 741. The van der Waals surface area contributed by atoms with Gasteiger partial charge >= 0.3 is 0 Å². The van der Waals surface area contributed by atoms with Crippen LogP contribution in [0.4, 0.5) is 0 Å². The van der Waals surface area contributed by atoms with Gasteiger partial charge < -0.3 is 24.3 Å². The van der Waals surface area contributed by atoms with Crippen molar-refractivity contribution < 1.29 is 28.5 Å². The van der Waals surface area contributed by atoms with Crippen molar-refractivity contribution in [3.8, 4) is 0 Å². The fourth-order valence-electron chi connectivity index (χ4n) is 5.13. The number of hydrogen-bond acceptors (Lipinski definition) is 6. The summed E-state index contributed by atoms with van der Waals surface area (Å²) >= 11 is 0. The van der Waals surface area contributed by atoms with Crippen molar-refractivity contribution in [1.82, 2.24) is 5.32 Å². The van der Waals surface area contributed by atoms with Crippen molar-refractivity contribution in [1.29, 1.82) is 0 Å². The van der Waals surface area contributed by atoms with Crippen LogP contribution in [0.3, 0.4) is 0 Å². The Morgan fingerprint density at radius 1 is 1.23 bits per heavy atom. The van der Waals surface area contributed by atoms with Crippen LogP contribution >= 0.6 is 0 Å². The first-order valence-electron chi connectivity index (χ1n) is 11.6. The Morgan fingerprint density at radius 2 is 1.94 bits per heavy atom. The van der Waals surface area contributed by atoms with Gasteiger partial charge in [-0.05, 0) is 19.3 Å². The molecule has 3 heterocycles. The first-order chi connectivity index (χ1) is 14.9. The predicted octanol–water partition coefficient (Wildman–Crippen LogP) is 2.83. The van der Waals surface area contributed by atoms with Crippen molar-refractivity contribution >= 4 is 11.7 Å². The standard InChI is InChI=1S/C24H35NO6/c1-5-6-7-8-9-14(2)12-15(3)10-11-17(26)25-16-13-24(31-23(16)28-4)21-19(29-21)18(27)20-22(24)30-20/h10-12,14,16,19-23H,5-9,13H2,1-4H3,(H,25,26)/b11-10+,15-12+. The number of amides is 1. The Morgan fingerprint density at radius 3 is 2.58 bits per heavy atom. The van der Waals surface area contributed by atoms with Crippen LogP contribution in [-0.2, 0) is 28.5 Å². The molecule has 1 N–H and O–H groups in total. The number of Topliss-reactive ketones (excluding diaryl/α,β-unsaturated/α-hetero) is 1. The summed E-state index contributed by atoms with van der Waals surface area (Å²) in [7, 11) is 1.55. The lowest BCUT2D eigenvalue weighted by Gasteiger charge is -2.26. The number of hydrogen-bond donors (Lipinski definition) is 1. The summed E-state index contributed by atoms with van der Waals surface area (Å²) in [5.41, 5.74) is 0.365. The molecule has 7 unspecified atom stereocenters. The Hall–Kier alpha value is -1.54. The van der Waals surface area contributed by atoms with E-state index < -0.39 is 24.1 Å². The minimum atomic E-state index is -0.714. The number of epoxide rings is 2. The van der Waals surface area contributed by atoms with Gasteiger partial charge in [-0.2, -0.15) is 0 Å². The molecule has 1 amide bonds. The van der Waals surface area contributed by atoms with E-state index in [0.717, 1.165) is 5.57 Å². The van der Waals surface area contributed by atoms with Crippen LogP contribution in [0.5, 0.6) is 0 Å². The van der Waals surface area contributed by atoms with Crippen molar-refractivity contribution in [2.24, 2.45) is 5.92 Å². The van der Waals surface area contributed by atoms with Crippen molar-refractivity contribution in [3.63, 3.8) is 0 Å². The minimum Gasteiger partial charge on any atom is -0.358 e. The molecule has 0 aromatic rings. The molecule has 4 fully saturated rings. The van der Waals surface area contributed by atoms with Crippen molar-refractivity contribution in [2.45, 2.75) is 102 Å². The predicted molar refractivity (Wildman–Crippen MR) is 114 cm³/mol. The number of methoxy groups -OCH3 is 1. The number of allylic oxidation sites excluding steroid dienone is 3. The van der Waals surface area contributed by atoms with Gasteiger partial charge in [-0.1, -0.05) is 57.3 Å². The molecule has 3 aliphatic heterocycles. The van der Waals surface area contributed by atoms with Crippen LogP contribution in [-0.4, -0.2) is 61.1 Å².